The van der Waals surface area contributed by atoms with E-state index < -0.39 is 17.8 Å². The first-order chi connectivity index (χ1) is 20.2. The van der Waals surface area contributed by atoms with Crippen LogP contribution < -0.4 is 5.32 Å². The molecule has 0 bridgehead atoms. The molecule has 6 rings (SSSR count). The average molecular weight is 582 g/mol. The second-order valence-corrected chi connectivity index (χ2v) is 10.6. The quantitative estimate of drug-likeness (QED) is 0.327. The van der Waals surface area contributed by atoms with Crippen molar-refractivity contribution in [1.29, 1.82) is 0 Å². The first kappa shape index (κ1) is 27.9. The van der Waals surface area contributed by atoms with Crippen molar-refractivity contribution in [2.24, 2.45) is 0 Å². The van der Waals surface area contributed by atoms with Crippen LogP contribution in [0, 0.1) is 0 Å². The van der Waals surface area contributed by atoms with Crippen molar-refractivity contribution in [2.45, 2.75) is 50.4 Å². The van der Waals surface area contributed by atoms with E-state index in [2.05, 4.69) is 16.9 Å². The largest absolute Gasteiger partial charge is 0.433 e. The van der Waals surface area contributed by atoms with E-state index in [0.29, 0.717) is 44.3 Å². The van der Waals surface area contributed by atoms with Gasteiger partial charge in [0.25, 0.3) is 5.91 Å². The summed E-state index contributed by atoms with van der Waals surface area (Å²) in [5.74, 6) is -0.753. The van der Waals surface area contributed by atoms with Crippen LogP contribution in [0.25, 0.3) is 21.9 Å². The number of likely N-dealkylation sites (tertiary alicyclic amines) is 1. The Morgan fingerprint density at radius 2 is 1.90 bits per heavy atom. The molecule has 2 fully saturated rings. The molecule has 220 valence electrons. The molecule has 42 heavy (non-hydrogen) atoms. The van der Waals surface area contributed by atoms with Crippen molar-refractivity contribution < 1.29 is 27.5 Å². The number of benzene rings is 1. The molecule has 1 N–H and O–H groups in total. The first-order valence-corrected chi connectivity index (χ1v) is 14.0. The summed E-state index contributed by atoms with van der Waals surface area (Å²) < 4.78 is 49.3. The van der Waals surface area contributed by atoms with E-state index >= 15 is 0 Å². The van der Waals surface area contributed by atoms with Gasteiger partial charge in [-0.25, -0.2) is 4.98 Å². The summed E-state index contributed by atoms with van der Waals surface area (Å²) in [4.78, 5) is 35.8. The molecule has 0 radical (unpaired) electrons. The Kier molecular flexibility index (Phi) is 7.43. The van der Waals surface area contributed by atoms with Crippen LogP contribution in [-0.2, 0) is 15.7 Å². The highest BCUT2D eigenvalue weighted by atomic mass is 19.4. The number of imidazole rings is 1. The number of pyridine rings is 1. The van der Waals surface area contributed by atoms with Gasteiger partial charge in [0.2, 0.25) is 11.9 Å². The first-order valence-electron chi connectivity index (χ1n) is 14.0. The molecule has 2 amide bonds. The number of carbonyl (C=O) groups is 2. The third kappa shape index (κ3) is 5.24. The second kappa shape index (κ2) is 11.2. The molecule has 1 aromatic carbocycles. The van der Waals surface area contributed by atoms with Crippen LogP contribution in [0.2, 0.25) is 0 Å². The Labute approximate surface area is 239 Å². The van der Waals surface area contributed by atoms with Gasteiger partial charge in [-0.1, -0.05) is 6.58 Å². The lowest BCUT2D eigenvalue weighted by atomic mass is 10.1. The van der Waals surface area contributed by atoms with Gasteiger partial charge < -0.3 is 14.2 Å². The van der Waals surface area contributed by atoms with Crippen LogP contribution in [0.1, 0.15) is 60.2 Å². The number of rotatable bonds is 5. The van der Waals surface area contributed by atoms with Gasteiger partial charge in [-0.05, 0) is 62.4 Å². The summed E-state index contributed by atoms with van der Waals surface area (Å²) in [6, 6.07) is 5.66. The zero-order chi connectivity index (χ0) is 29.4. The highest BCUT2D eigenvalue weighted by molar-refractivity contribution is 6.07. The Hall–Kier alpha value is -4.26. The second-order valence-electron chi connectivity index (χ2n) is 10.6. The van der Waals surface area contributed by atoms with E-state index in [1.807, 2.05) is 21.4 Å². The third-order valence-electron chi connectivity index (χ3n) is 8.00. The molecule has 10 nitrogen and oxygen atoms in total. The number of nitrogens with zero attached hydrogens (tertiary/aromatic N) is 6. The molecule has 0 unspecified atom stereocenters. The minimum absolute atomic E-state index is 0.178. The molecule has 2 saturated heterocycles. The van der Waals surface area contributed by atoms with Gasteiger partial charge in [-0.2, -0.15) is 18.3 Å². The maximum Gasteiger partial charge on any atom is 0.433 e. The van der Waals surface area contributed by atoms with Gasteiger partial charge in [-0.15, -0.1) is 0 Å². The lowest BCUT2D eigenvalue weighted by Crippen LogP contribution is -2.34. The Bertz CT molecular complexity index is 1660. The van der Waals surface area contributed by atoms with E-state index in [-0.39, 0.29) is 29.5 Å². The van der Waals surface area contributed by atoms with E-state index in [0.717, 1.165) is 48.3 Å². The maximum absolute atomic E-state index is 13.3. The van der Waals surface area contributed by atoms with Gasteiger partial charge >= 0.3 is 6.18 Å². The molecular weight excluding hydrogens is 551 g/mol. The lowest BCUT2D eigenvalue weighted by Gasteiger charge is -2.26. The summed E-state index contributed by atoms with van der Waals surface area (Å²) in [5.41, 5.74) is 0.890. The summed E-state index contributed by atoms with van der Waals surface area (Å²) in [7, 11) is 0. The minimum atomic E-state index is -4.69. The predicted octanol–water partition coefficient (Wildman–Crippen LogP) is 5.14. The van der Waals surface area contributed by atoms with Crippen molar-refractivity contribution in [3.8, 4) is 0 Å². The fourth-order valence-electron chi connectivity index (χ4n) is 5.94. The van der Waals surface area contributed by atoms with Crippen molar-refractivity contribution >= 4 is 39.7 Å². The van der Waals surface area contributed by atoms with Gasteiger partial charge in [-0.3, -0.25) is 24.6 Å². The van der Waals surface area contributed by atoms with Crippen molar-refractivity contribution in [2.75, 3.05) is 31.6 Å². The molecule has 13 heteroatoms. The number of halogens is 3. The molecule has 1 atom stereocenters. The number of anilines is 1. The van der Waals surface area contributed by atoms with Crippen LogP contribution in [0.15, 0.2) is 49.3 Å². The number of carbonyl (C=O) groups excluding carboxylic acids is 2. The SMILES string of the molecule is C=CC(=O)N1CCCC[C@@H](n2c(NC(=O)c3ccnc(C(F)(F)F)c3)nc3ccc4c(cnn4C4CCOCC4)c32)C1. The number of nitrogens with one attached hydrogen (secondary N) is 1. The topological polar surface area (TPSA) is 107 Å². The number of hydrogen-bond donors (Lipinski definition) is 1. The normalized spacial score (nSPS) is 18.7. The van der Waals surface area contributed by atoms with Crippen molar-refractivity contribution in [3.63, 3.8) is 0 Å². The van der Waals surface area contributed by atoms with Crippen molar-refractivity contribution in [3.05, 3.63) is 60.6 Å². The minimum Gasteiger partial charge on any atom is -0.381 e. The summed E-state index contributed by atoms with van der Waals surface area (Å²) in [6.45, 7) is 5.88. The average Bonchev–Trinajstić information content (AvgIpc) is 3.49. The van der Waals surface area contributed by atoms with E-state index in [1.165, 1.54) is 12.1 Å². The van der Waals surface area contributed by atoms with Gasteiger partial charge in [0.15, 0.2) is 0 Å². The third-order valence-corrected chi connectivity index (χ3v) is 8.00. The number of ether oxygens (including phenoxy) is 1. The number of amides is 2. The fraction of sp³-hybridized carbons (Fsp3) is 0.414. The highest BCUT2D eigenvalue weighted by Crippen LogP contribution is 2.36. The van der Waals surface area contributed by atoms with Crippen LogP contribution in [0.3, 0.4) is 0 Å². The van der Waals surface area contributed by atoms with E-state index in [9.17, 15) is 22.8 Å². The van der Waals surface area contributed by atoms with Crippen molar-refractivity contribution in [1.82, 2.24) is 29.2 Å². The van der Waals surface area contributed by atoms with Gasteiger partial charge in [0.1, 0.15) is 5.69 Å². The molecular formula is C29H30F3N7O3. The summed E-state index contributed by atoms with van der Waals surface area (Å²) in [5, 5.41) is 8.31. The number of hydrogen-bond acceptors (Lipinski definition) is 6. The van der Waals surface area contributed by atoms with Gasteiger partial charge in [0.05, 0.1) is 34.8 Å². The number of alkyl halides is 3. The Balaban J connectivity index is 1.47. The molecule has 0 aliphatic carbocycles. The molecule has 3 aromatic heterocycles. The Morgan fingerprint density at radius 3 is 2.67 bits per heavy atom. The zero-order valence-electron chi connectivity index (χ0n) is 22.8. The molecule has 0 saturated carbocycles. The fourth-order valence-corrected chi connectivity index (χ4v) is 5.94. The van der Waals surface area contributed by atoms with Crippen LogP contribution in [0.4, 0.5) is 19.1 Å². The molecule has 5 heterocycles. The van der Waals surface area contributed by atoms with Crippen LogP contribution in [0.5, 0.6) is 0 Å². The maximum atomic E-state index is 13.3. The predicted molar refractivity (Wildman–Crippen MR) is 149 cm³/mol. The summed E-state index contributed by atoms with van der Waals surface area (Å²) >= 11 is 0. The monoisotopic (exact) mass is 581 g/mol. The number of aromatic nitrogens is 5. The molecule has 0 spiro atoms. The van der Waals surface area contributed by atoms with E-state index in [4.69, 9.17) is 14.8 Å². The van der Waals surface area contributed by atoms with Crippen LogP contribution >= 0.6 is 0 Å². The summed E-state index contributed by atoms with van der Waals surface area (Å²) in [6.07, 6.45) is 3.35. The van der Waals surface area contributed by atoms with Gasteiger partial charge in [0, 0.05) is 43.4 Å². The van der Waals surface area contributed by atoms with E-state index in [1.54, 1.807) is 11.1 Å². The standard InChI is InChI=1S/C29H30F3N7O3/c1-2-25(40)37-12-4-3-5-20(17-37)38-26-21-16-34-39(19-9-13-42-14-10-19)23(21)7-6-22(26)35-28(38)36-27(41)18-8-11-33-24(15-18)29(30,31)32/h2,6-8,11,15-16,19-20H,1,3-5,9-10,12-14,17H2,(H,35,36,41)/t20-/m1/s1. The zero-order valence-corrected chi connectivity index (χ0v) is 22.8. The lowest BCUT2D eigenvalue weighted by molar-refractivity contribution is -0.141. The molecule has 2 aliphatic rings. The smallest absolute Gasteiger partial charge is 0.381 e. The van der Waals surface area contributed by atoms with Crippen LogP contribution in [-0.4, -0.2) is 67.3 Å². The molecule has 2 aliphatic heterocycles. The molecule has 4 aromatic rings. The number of fused-ring (bicyclic) bond motifs is 3. The Morgan fingerprint density at radius 1 is 1.10 bits per heavy atom. The highest BCUT2D eigenvalue weighted by Gasteiger charge is 2.33.